The molecule has 0 aromatic heterocycles. The molecule has 3 heteroatoms. The molecular formula is C15H29NO2. The van der Waals surface area contributed by atoms with Crippen molar-refractivity contribution in [2.45, 2.75) is 47.1 Å². The van der Waals surface area contributed by atoms with E-state index in [1.54, 1.807) is 0 Å². The lowest BCUT2D eigenvalue weighted by Gasteiger charge is -2.15. The Morgan fingerprint density at radius 3 is 2.39 bits per heavy atom. The zero-order valence-corrected chi connectivity index (χ0v) is 12.3. The van der Waals surface area contributed by atoms with E-state index in [0.717, 1.165) is 17.9 Å². The Bertz CT molecular complexity index is 330. The van der Waals surface area contributed by atoms with Crippen LogP contribution in [0.1, 0.15) is 41.6 Å². The van der Waals surface area contributed by atoms with Crippen molar-refractivity contribution in [2.24, 2.45) is 5.73 Å². The topological polar surface area (TPSA) is 44.5 Å². The zero-order valence-electron chi connectivity index (χ0n) is 12.3. The third-order valence-electron chi connectivity index (χ3n) is 2.10. The van der Waals surface area contributed by atoms with Crippen molar-refractivity contribution >= 4 is 0 Å². The molecule has 0 amide bonds. The molecule has 0 aliphatic heterocycles. The van der Waals surface area contributed by atoms with E-state index < -0.39 is 0 Å². The summed E-state index contributed by atoms with van der Waals surface area (Å²) in [6.07, 6.45) is 1.01. The number of ether oxygens (including phenoxy) is 2. The number of benzene rings is 1. The van der Waals surface area contributed by atoms with Gasteiger partial charge < -0.3 is 15.2 Å². The van der Waals surface area contributed by atoms with Crippen LogP contribution in [0.3, 0.4) is 0 Å². The van der Waals surface area contributed by atoms with Crippen LogP contribution in [-0.2, 0) is 6.42 Å². The highest BCUT2D eigenvalue weighted by atomic mass is 16.5. The monoisotopic (exact) mass is 255 g/mol. The van der Waals surface area contributed by atoms with E-state index in [4.69, 9.17) is 15.2 Å². The second kappa shape index (κ2) is 9.77. The molecule has 1 aromatic carbocycles. The molecule has 106 valence electrons. The molecule has 0 aliphatic rings. The Hall–Kier alpha value is -1.22. The second-order valence-corrected chi connectivity index (χ2v) is 3.92. The molecule has 0 fully saturated rings. The van der Waals surface area contributed by atoms with Gasteiger partial charge in [0, 0.05) is 1.43 Å². The minimum Gasteiger partial charge on any atom is -0.490 e. The van der Waals surface area contributed by atoms with Gasteiger partial charge >= 0.3 is 0 Å². The summed E-state index contributed by atoms with van der Waals surface area (Å²) >= 11 is 0. The Balaban J connectivity index is 0. The van der Waals surface area contributed by atoms with Crippen LogP contribution in [0.25, 0.3) is 0 Å². The summed E-state index contributed by atoms with van der Waals surface area (Å²) in [5.74, 6) is 1.61. The maximum atomic E-state index is 5.72. The van der Waals surface area contributed by atoms with Gasteiger partial charge in [-0.25, -0.2) is 0 Å². The van der Waals surface area contributed by atoms with Crippen LogP contribution >= 0.6 is 0 Å². The quantitative estimate of drug-likeness (QED) is 0.844. The first-order valence-corrected chi connectivity index (χ1v) is 6.79. The van der Waals surface area contributed by atoms with Gasteiger partial charge in [-0.15, -0.1) is 0 Å². The van der Waals surface area contributed by atoms with E-state index in [0.29, 0.717) is 13.2 Å². The lowest BCUT2D eigenvalue weighted by molar-refractivity contribution is 0.223. The summed E-state index contributed by atoms with van der Waals surface area (Å²) in [6, 6.07) is 6.00. The molecule has 1 aromatic rings. The van der Waals surface area contributed by atoms with Gasteiger partial charge in [-0.1, -0.05) is 19.9 Å². The van der Waals surface area contributed by atoms with Crippen molar-refractivity contribution in [3.05, 3.63) is 23.8 Å². The van der Waals surface area contributed by atoms with Gasteiger partial charge in [0.25, 0.3) is 0 Å². The number of nitrogens with two attached hydrogens (primary N) is 1. The van der Waals surface area contributed by atoms with Gasteiger partial charge in [-0.05, 0) is 51.4 Å². The largest absolute Gasteiger partial charge is 0.490 e. The predicted molar refractivity (Wildman–Crippen MR) is 79.6 cm³/mol. The Labute approximate surface area is 113 Å². The van der Waals surface area contributed by atoms with Gasteiger partial charge in [0.2, 0.25) is 0 Å². The first kappa shape index (κ1) is 16.8. The zero-order chi connectivity index (χ0) is 14.0. The van der Waals surface area contributed by atoms with Crippen molar-refractivity contribution < 1.29 is 10.9 Å². The lowest BCUT2D eigenvalue weighted by atomic mass is 10.1. The molecule has 0 spiro atoms. The molecule has 2 N–H and O–H groups in total. The second-order valence-electron chi connectivity index (χ2n) is 3.92. The van der Waals surface area contributed by atoms with Crippen molar-refractivity contribution in [1.29, 1.82) is 0 Å². The Morgan fingerprint density at radius 1 is 1.22 bits per heavy atom. The summed E-state index contributed by atoms with van der Waals surface area (Å²) in [5.41, 5.74) is 6.72. The van der Waals surface area contributed by atoms with Crippen LogP contribution < -0.4 is 15.2 Å². The summed E-state index contributed by atoms with van der Waals surface area (Å²) in [7, 11) is 0. The summed E-state index contributed by atoms with van der Waals surface area (Å²) < 4.78 is 11.2. The number of hydrogen-bond donors (Lipinski definition) is 1. The van der Waals surface area contributed by atoms with Crippen molar-refractivity contribution in [1.82, 2.24) is 0 Å². The molecule has 3 nitrogen and oxygen atoms in total. The molecule has 0 unspecified atom stereocenters. The predicted octanol–water partition coefficient (Wildman–Crippen LogP) is 3.65. The first-order chi connectivity index (χ1) is 8.67. The number of rotatable bonds is 6. The third kappa shape index (κ3) is 5.92. The third-order valence-corrected chi connectivity index (χ3v) is 2.10. The highest BCUT2D eigenvalue weighted by molar-refractivity contribution is 5.43. The van der Waals surface area contributed by atoms with Crippen LogP contribution in [0.4, 0.5) is 0 Å². The Kier molecular flexibility index (Phi) is 9.11. The van der Waals surface area contributed by atoms with E-state index in [1.165, 1.54) is 5.56 Å². The number of hydrogen-bond acceptors (Lipinski definition) is 3. The van der Waals surface area contributed by atoms with Crippen LogP contribution in [-0.4, -0.2) is 19.3 Å². The molecule has 1 rings (SSSR count). The van der Waals surface area contributed by atoms with E-state index in [2.05, 4.69) is 0 Å². The Morgan fingerprint density at radius 2 is 1.89 bits per heavy atom. The highest BCUT2D eigenvalue weighted by Gasteiger charge is 2.07. The van der Waals surface area contributed by atoms with Crippen LogP contribution in [0.2, 0.25) is 0 Å². The average Bonchev–Trinajstić information content (AvgIpc) is 2.35. The lowest BCUT2D eigenvalue weighted by Crippen LogP contribution is -2.08. The van der Waals surface area contributed by atoms with Gasteiger partial charge in [0.05, 0.1) is 12.7 Å². The van der Waals surface area contributed by atoms with E-state index >= 15 is 0 Å². The van der Waals surface area contributed by atoms with E-state index in [-0.39, 0.29) is 7.53 Å². The SMILES string of the molecule is CC.CCOc1ccc(CCN)cc1OC(C)C.[HH]. The van der Waals surface area contributed by atoms with Gasteiger partial charge in [-0.2, -0.15) is 0 Å². The standard InChI is InChI=1S/C13H21NO2.C2H6.H2/c1-4-15-12-6-5-11(7-8-14)9-13(12)16-10(2)3;1-2;/h5-6,9-10H,4,7-8,14H2,1-3H3;1-2H3;1H. The summed E-state index contributed by atoms with van der Waals surface area (Å²) in [4.78, 5) is 0. The molecular weight excluding hydrogens is 226 g/mol. The van der Waals surface area contributed by atoms with E-state index in [9.17, 15) is 0 Å². The van der Waals surface area contributed by atoms with Gasteiger partial charge in [-0.3, -0.25) is 0 Å². The minimum absolute atomic E-state index is 0. The fourth-order valence-corrected chi connectivity index (χ4v) is 1.50. The maximum absolute atomic E-state index is 5.72. The highest BCUT2D eigenvalue weighted by Crippen LogP contribution is 2.29. The van der Waals surface area contributed by atoms with Crippen molar-refractivity contribution in [3.63, 3.8) is 0 Å². The summed E-state index contributed by atoms with van der Waals surface area (Å²) in [6.45, 7) is 11.3. The van der Waals surface area contributed by atoms with Gasteiger partial charge in [0.1, 0.15) is 0 Å². The van der Waals surface area contributed by atoms with Crippen LogP contribution in [0.15, 0.2) is 18.2 Å². The normalized spacial score (nSPS) is 9.72. The molecule has 0 bridgehead atoms. The molecule has 0 saturated heterocycles. The van der Waals surface area contributed by atoms with E-state index in [1.807, 2.05) is 52.8 Å². The van der Waals surface area contributed by atoms with Crippen molar-refractivity contribution in [2.75, 3.05) is 13.2 Å². The first-order valence-electron chi connectivity index (χ1n) is 6.79. The molecule has 0 saturated carbocycles. The maximum Gasteiger partial charge on any atom is 0.161 e. The molecule has 0 atom stereocenters. The van der Waals surface area contributed by atoms with Gasteiger partial charge in [0.15, 0.2) is 11.5 Å². The summed E-state index contributed by atoms with van der Waals surface area (Å²) in [5, 5.41) is 0. The average molecular weight is 255 g/mol. The fourth-order valence-electron chi connectivity index (χ4n) is 1.50. The molecule has 0 aliphatic carbocycles. The smallest absolute Gasteiger partial charge is 0.161 e. The minimum atomic E-state index is 0. The molecule has 0 heterocycles. The van der Waals surface area contributed by atoms with Crippen LogP contribution in [0.5, 0.6) is 11.5 Å². The van der Waals surface area contributed by atoms with Crippen molar-refractivity contribution in [3.8, 4) is 11.5 Å². The van der Waals surface area contributed by atoms with Crippen LogP contribution in [0, 0.1) is 0 Å². The molecule has 18 heavy (non-hydrogen) atoms. The molecule has 0 radical (unpaired) electrons. The fraction of sp³-hybridized carbons (Fsp3) is 0.600.